The molecule has 1 aromatic rings. The Morgan fingerprint density at radius 2 is 2.00 bits per heavy atom. The fourth-order valence-corrected chi connectivity index (χ4v) is 2.56. The van der Waals surface area contributed by atoms with E-state index in [-0.39, 0.29) is 0 Å². The lowest BCUT2D eigenvalue weighted by Crippen LogP contribution is -2.33. The molecule has 2 nitrogen and oxygen atoms in total. The van der Waals surface area contributed by atoms with Crippen LogP contribution < -0.4 is 4.74 Å². The van der Waals surface area contributed by atoms with Crippen molar-refractivity contribution in [2.24, 2.45) is 0 Å². The van der Waals surface area contributed by atoms with Crippen LogP contribution in [0.5, 0.6) is 5.75 Å². The first-order chi connectivity index (χ1) is 8.88. The van der Waals surface area contributed by atoms with E-state index in [2.05, 4.69) is 36.1 Å². The van der Waals surface area contributed by atoms with Crippen LogP contribution in [-0.2, 0) is 6.42 Å². The summed E-state index contributed by atoms with van der Waals surface area (Å²) in [5, 5.41) is 0. The van der Waals surface area contributed by atoms with Crippen molar-refractivity contribution >= 4 is 0 Å². The molecule has 0 saturated carbocycles. The molecule has 2 heteroatoms. The van der Waals surface area contributed by atoms with E-state index in [1.54, 1.807) is 0 Å². The zero-order valence-electron chi connectivity index (χ0n) is 11.5. The number of benzene rings is 1. The number of nitrogens with zero attached hydrogens (tertiary/aromatic N) is 1. The van der Waals surface area contributed by atoms with Crippen LogP contribution in [-0.4, -0.2) is 31.1 Å². The van der Waals surface area contributed by atoms with E-state index in [1.807, 2.05) is 0 Å². The van der Waals surface area contributed by atoms with E-state index in [4.69, 9.17) is 4.74 Å². The van der Waals surface area contributed by atoms with Gasteiger partial charge in [0.05, 0.1) is 0 Å². The van der Waals surface area contributed by atoms with Crippen LogP contribution in [0.1, 0.15) is 38.2 Å². The first-order valence-corrected chi connectivity index (χ1v) is 7.32. The number of aryl methyl sites for hydroxylation is 1. The molecule has 0 radical (unpaired) electrons. The summed E-state index contributed by atoms with van der Waals surface area (Å²) in [5.74, 6) is 1.03. The Hall–Kier alpha value is -1.02. The molecule has 18 heavy (non-hydrogen) atoms. The molecular formula is C16H25NO. The Morgan fingerprint density at radius 1 is 1.17 bits per heavy atom. The zero-order chi connectivity index (χ0) is 12.6. The highest BCUT2D eigenvalue weighted by molar-refractivity contribution is 5.28. The highest BCUT2D eigenvalue weighted by atomic mass is 16.5. The third-order valence-electron chi connectivity index (χ3n) is 3.56. The van der Waals surface area contributed by atoms with Gasteiger partial charge in [-0.1, -0.05) is 31.9 Å². The second-order valence-corrected chi connectivity index (χ2v) is 5.15. The van der Waals surface area contributed by atoms with Crippen molar-refractivity contribution in [2.75, 3.05) is 26.2 Å². The minimum atomic E-state index is 0.815. The van der Waals surface area contributed by atoms with E-state index in [0.717, 1.165) is 25.3 Å². The highest BCUT2D eigenvalue weighted by Crippen LogP contribution is 2.15. The van der Waals surface area contributed by atoms with Gasteiger partial charge < -0.3 is 4.74 Å². The van der Waals surface area contributed by atoms with Crippen molar-refractivity contribution in [1.82, 2.24) is 4.90 Å². The molecule has 1 saturated heterocycles. The van der Waals surface area contributed by atoms with Gasteiger partial charge in [-0.15, -0.1) is 0 Å². The predicted octanol–water partition coefficient (Wildman–Crippen LogP) is 3.50. The monoisotopic (exact) mass is 247 g/mol. The van der Waals surface area contributed by atoms with Crippen LogP contribution in [0, 0.1) is 0 Å². The summed E-state index contributed by atoms with van der Waals surface area (Å²) in [4.78, 5) is 2.51. The van der Waals surface area contributed by atoms with Crippen molar-refractivity contribution in [1.29, 1.82) is 0 Å². The number of likely N-dealkylation sites (tertiary alicyclic amines) is 1. The lowest BCUT2D eigenvalue weighted by atomic mass is 10.1. The largest absolute Gasteiger partial charge is 0.492 e. The average molecular weight is 247 g/mol. The molecule has 1 aromatic carbocycles. The van der Waals surface area contributed by atoms with Crippen molar-refractivity contribution in [3.05, 3.63) is 29.8 Å². The number of piperidine rings is 1. The molecule has 2 rings (SSSR count). The van der Waals surface area contributed by atoms with E-state index in [9.17, 15) is 0 Å². The third kappa shape index (κ3) is 4.34. The van der Waals surface area contributed by atoms with Gasteiger partial charge >= 0.3 is 0 Å². The standard InChI is InChI=1S/C16H25NO/c1-2-7-15-8-6-9-16(14-15)18-13-12-17-10-4-3-5-11-17/h6,8-9,14H,2-5,7,10-13H2,1H3. The summed E-state index contributed by atoms with van der Waals surface area (Å²) < 4.78 is 5.85. The smallest absolute Gasteiger partial charge is 0.119 e. The first-order valence-electron chi connectivity index (χ1n) is 7.32. The molecule has 0 atom stereocenters. The van der Waals surface area contributed by atoms with Gasteiger partial charge in [0.25, 0.3) is 0 Å². The SMILES string of the molecule is CCCc1cccc(OCCN2CCCCC2)c1. The molecule has 0 spiro atoms. The Labute approximate surface area is 111 Å². The molecule has 1 aliphatic rings. The molecule has 1 heterocycles. The van der Waals surface area contributed by atoms with Crippen molar-refractivity contribution in [3.63, 3.8) is 0 Å². The van der Waals surface area contributed by atoms with Crippen LogP contribution in [0.4, 0.5) is 0 Å². The second kappa shape index (κ2) is 7.42. The Morgan fingerprint density at radius 3 is 2.78 bits per heavy atom. The van der Waals surface area contributed by atoms with E-state index < -0.39 is 0 Å². The number of hydrogen-bond donors (Lipinski definition) is 0. The molecule has 0 aliphatic carbocycles. The summed E-state index contributed by atoms with van der Waals surface area (Å²) >= 11 is 0. The van der Waals surface area contributed by atoms with Gasteiger partial charge in [0.1, 0.15) is 12.4 Å². The number of rotatable bonds is 6. The van der Waals surface area contributed by atoms with Gasteiger partial charge in [-0.25, -0.2) is 0 Å². The Kier molecular flexibility index (Phi) is 5.53. The van der Waals surface area contributed by atoms with Crippen LogP contribution >= 0.6 is 0 Å². The molecule has 0 unspecified atom stereocenters. The summed E-state index contributed by atoms with van der Waals surface area (Å²) in [6.07, 6.45) is 6.44. The summed E-state index contributed by atoms with van der Waals surface area (Å²) in [5.41, 5.74) is 1.38. The van der Waals surface area contributed by atoms with Crippen LogP contribution in [0.25, 0.3) is 0 Å². The molecular weight excluding hydrogens is 222 g/mol. The summed E-state index contributed by atoms with van der Waals surface area (Å²) in [6.45, 7) is 6.59. The summed E-state index contributed by atoms with van der Waals surface area (Å²) in [6, 6.07) is 8.53. The van der Waals surface area contributed by atoms with Gasteiger partial charge in [0, 0.05) is 6.54 Å². The van der Waals surface area contributed by atoms with Gasteiger partial charge in [-0.3, -0.25) is 4.90 Å². The van der Waals surface area contributed by atoms with E-state index >= 15 is 0 Å². The van der Waals surface area contributed by atoms with Crippen LogP contribution in [0.3, 0.4) is 0 Å². The molecule has 0 N–H and O–H groups in total. The van der Waals surface area contributed by atoms with Gasteiger partial charge in [0.15, 0.2) is 0 Å². The zero-order valence-corrected chi connectivity index (χ0v) is 11.5. The quantitative estimate of drug-likeness (QED) is 0.763. The van der Waals surface area contributed by atoms with Crippen LogP contribution in [0.2, 0.25) is 0 Å². The Bertz CT molecular complexity index is 345. The normalized spacial score (nSPS) is 16.7. The van der Waals surface area contributed by atoms with E-state index in [1.165, 1.54) is 44.3 Å². The minimum Gasteiger partial charge on any atom is -0.492 e. The van der Waals surface area contributed by atoms with Crippen molar-refractivity contribution in [2.45, 2.75) is 39.0 Å². The second-order valence-electron chi connectivity index (χ2n) is 5.15. The minimum absolute atomic E-state index is 0.815. The predicted molar refractivity (Wildman–Crippen MR) is 76.2 cm³/mol. The van der Waals surface area contributed by atoms with Crippen molar-refractivity contribution in [3.8, 4) is 5.75 Å². The average Bonchev–Trinajstić information content (AvgIpc) is 2.41. The molecule has 0 bridgehead atoms. The lowest BCUT2D eigenvalue weighted by Gasteiger charge is -2.26. The van der Waals surface area contributed by atoms with Crippen molar-refractivity contribution < 1.29 is 4.74 Å². The number of ether oxygens (including phenoxy) is 1. The third-order valence-corrected chi connectivity index (χ3v) is 3.56. The topological polar surface area (TPSA) is 12.5 Å². The maximum absolute atomic E-state index is 5.85. The van der Waals surface area contributed by atoms with Gasteiger partial charge in [-0.05, 0) is 50.0 Å². The summed E-state index contributed by atoms with van der Waals surface area (Å²) in [7, 11) is 0. The maximum atomic E-state index is 5.85. The van der Waals surface area contributed by atoms with Gasteiger partial charge in [-0.2, -0.15) is 0 Å². The number of hydrogen-bond acceptors (Lipinski definition) is 2. The van der Waals surface area contributed by atoms with E-state index in [0.29, 0.717) is 0 Å². The first kappa shape index (κ1) is 13.4. The Balaban J connectivity index is 1.73. The molecule has 0 aromatic heterocycles. The van der Waals surface area contributed by atoms with Crippen LogP contribution in [0.15, 0.2) is 24.3 Å². The van der Waals surface area contributed by atoms with Gasteiger partial charge in [0.2, 0.25) is 0 Å². The molecule has 1 fully saturated rings. The fraction of sp³-hybridized carbons (Fsp3) is 0.625. The fourth-order valence-electron chi connectivity index (χ4n) is 2.56. The molecule has 1 aliphatic heterocycles. The molecule has 100 valence electrons. The molecule has 0 amide bonds. The lowest BCUT2D eigenvalue weighted by molar-refractivity contribution is 0.183. The highest BCUT2D eigenvalue weighted by Gasteiger charge is 2.09. The maximum Gasteiger partial charge on any atom is 0.119 e.